The number of thiazole rings is 1. The minimum Gasteiger partial charge on any atom is -0.310 e. The van der Waals surface area contributed by atoms with E-state index in [0.717, 1.165) is 29.1 Å². The molecule has 0 radical (unpaired) electrons. The molecular formula is C22H24N6OS. The van der Waals surface area contributed by atoms with E-state index in [9.17, 15) is 4.79 Å². The van der Waals surface area contributed by atoms with Crippen LogP contribution in [-0.4, -0.2) is 30.6 Å². The Morgan fingerprint density at radius 3 is 2.63 bits per heavy atom. The molecule has 154 valence electrons. The molecule has 4 aromatic rings. The molecule has 3 heterocycles. The Kier molecular flexibility index (Phi) is 5.59. The van der Waals surface area contributed by atoms with Gasteiger partial charge in [-0.2, -0.15) is 9.78 Å². The summed E-state index contributed by atoms with van der Waals surface area (Å²) in [7, 11) is 0. The van der Waals surface area contributed by atoms with Crippen molar-refractivity contribution in [3.63, 3.8) is 0 Å². The van der Waals surface area contributed by atoms with Gasteiger partial charge in [-0.05, 0) is 31.0 Å². The molecule has 3 aromatic heterocycles. The van der Waals surface area contributed by atoms with Gasteiger partial charge >= 0.3 is 0 Å². The Labute approximate surface area is 179 Å². The highest BCUT2D eigenvalue weighted by molar-refractivity contribution is 7.18. The number of para-hydroxylation sites is 1. The molecular weight excluding hydrogens is 396 g/mol. The highest BCUT2D eigenvalue weighted by Gasteiger charge is 2.22. The summed E-state index contributed by atoms with van der Waals surface area (Å²) in [5, 5.41) is 8.66. The molecule has 8 heteroatoms. The number of anilines is 1. The van der Waals surface area contributed by atoms with E-state index in [1.165, 1.54) is 4.70 Å². The van der Waals surface area contributed by atoms with E-state index in [2.05, 4.69) is 52.2 Å². The Hall–Kier alpha value is -3.13. The number of carbonyl (C=O) groups excluding carboxylic acids is 1. The summed E-state index contributed by atoms with van der Waals surface area (Å²) in [6.07, 6.45) is 5.23. The van der Waals surface area contributed by atoms with Gasteiger partial charge in [-0.3, -0.25) is 4.79 Å². The Bertz CT molecular complexity index is 1130. The molecule has 0 fully saturated rings. The van der Waals surface area contributed by atoms with E-state index in [-0.39, 0.29) is 11.3 Å². The normalized spacial score (nSPS) is 11.7. The predicted octanol–water partition coefficient (Wildman–Crippen LogP) is 4.53. The summed E-state index contributed by atoms with van der Waals surface area (Å²) in [6.45, 7) is 6.24. The molecule has 0 spiro atoms. The number of amides is 1. The molecule has 1 amide bonds. The molecule has 7 nitrogen and oxygen atoms in total. The van der Waals surface area contributed by atoms with Crippen molar-refractivity contribution < 1.29 is 4.79 Å². The lowest BCUT2D eigenvalue weighted by molar-refractivity contribution is -0.116. The maximum atomic E-state index is 12.6. The van der Waals surface area contributed by atoms with Crippen LogP contribution in [0.4, 0.5) is 5.82 Å². The quantitative estimate of drug-likeness (QED) is 0.495. The predicted molar refractivity (Wildman–Crippen MR) is 119 cm³/mol. The van der Waals surface area contributed by atoms with Gasteiger partial charge in [-0.1, -0.05) is 32.9 Å². The number of carbonyl (C=O) groups is 1. The van der Waals surface area contributed by atoms with Crippen molar-refractivity contribution in [2.45, 2.75) is 45.4 Å². The first-order valence-electron chi connectivity index (χ1n) is 9.92. The first kappa shape index (κ1) is 20.2. The summed E-state index contributed by atoms with van der Waals surface area (Å²) in [4.78, 5) is 25.8. The van der Waals surface area contributed by atoms with Crippen molar-refractivity contribution in [1.29, 1.82) is 0 Å². The molecule has 0 saturated carbocycles. The third-order valence-electron chi connectivity index (χ3n) is 4.62. The van der Waals surface area contributed by atoms with Crippen LogP contribution in [0.15, 0.2) is 48.8 Å². The molecule has 0 aliphatic rings. The standard InChI is InChI=1S/C22H24N6OS/c1-22(2,3)17-14-18(28(27-17)21-23-12-7-13-24-21)26-19(29)10-6-11-20-25-15-8-4-5-9-16(15)30-20/h4-5,7-9,12-14H,6,10-11H2,1-3H3,(H,26,29). The molecule has 1 N–H and O–H groups in total. The van der Waals surface area contributed by atoms with Gasteiger partial charge in [-0.25, -0.2) is 15.0 Å². The molecule has 4 rings (SSSR count). The molecule has 0 unspecified atom stereocenters. The largest absolute Gasteiger partial charge is 0.310 e. The average Bonchev–Trinajstić information content (AvgIpc) is 3.32. The number of hydrogen-bond acceptors (Lipinski definition) is 6. The fourth-order valence-electron chi connectivity index (χ4n) is 3.02. The molecule has 0 aliphatic heterocycles. The number of benzene rings is 1. The van der Waals surface area contributed by atoms with E-state index in [4.69, 9.17) is 0 Å². The number of hydrogen-bond donors (Lipinski definition) is 1. The highest BCUT2D eigenvalue weighted by atomic mass is 32.1. The second-order valence-electron chi connectivity index (χ2n) is 8.10. The fourth-order valence-corrected chi connectivity index (χ4v) is 4.03. The van der Waals surface area contributed by atoms with Crippen LogP contribution >= 0.6 is 11.3 Å². The van der Waals surface area contributed by atoms with Gasteiger partial charge in [0, 0.05) is 30.3 Å². The van der Waals surface area contributed by atoms with Gasteiger partial charge in [-0.15, -0.1) is 11.3 Å². The lowest BCUT2D eigenvalue weighted by Gasteiger charge is -2.13. The highest BCUT2D eigenvalue weighted by Crippen LogP contribution is 2.26. The Morgan fingerprint density at radius 1 is 1.13 bits per heavy atom. The zero-order valence-electron chi connectivity index (χ0n) is 17.3. The van der Waals surface area contributed by atoms with E-state index in [0.29, 0.717) is 18.2 Å². The molecule has 0 saturated heterocycles. The van der Waals surface area contributed by atoms with E-state index in [1.807, 2.05) is 24.3 Å². The lowest BCUT2D eigenvalue weighted by Crippen LogP contribution is -2.16. The SMILES string of the molecule is CC(C)(C)c1cc(NC(=O)CCCc2nc3ccccc3s2)n(-c2ncccn2)n1. The van der Waals surface area contributed by atoms with Crippen molar-refractivity contribution >= 4 is 33.3 Å². The van der Waals surface area contributed by atoms with Gasteiger partial charge < -0.3 is 5.32 Å². The van der Waals surface area contributed by atoms with E-state index in [1.54, 1.807) is 34.5 Å². The van der Waals surface area contributed by atoms with Crippen molar-refractivity contribution in [3.8, 4) is 5.95 Å². The van der Waals surface area contributed by atoms with Crippen molar-refractivity contribution in [2.75, 3.05) is 5.32 Å². The molecule has 0 atom stereocenters. The smallest absolute Gasteiger partial charge is 0.252 e. The van der Waals surface area contributed by atoms with Crippen LogP contribution in [0.2, 0.25) is 0 Å². The van der Waals surface area contributed by atoms with Crippen molar-refractivity contribution in [2.24, 2.45) is 0 Å². The third-order valence-corrected chi connectivity index (χ3v) is 5.72. The van der Waals surface area contributed by atoms with Crippen LogP contribution in [0, 0.1) is 0 Å². The van der Waals surface area contributed by atoms with Gasteiger partial charge in [0.15, 0.2) is 0 Å². The van der Waals surface area contributed by atoms with Gasteiger partial charge in [0.05, 0.1) is 20.9 Å². The maximum absolute atomic E-state index is 12.6. The third kappa shape index (κ3) is 4.54. The van der Waals surface area contributed by atoms with Crippen LogP contribution in [0.3, 0.4) is 0 Å². The van der Waals surface area contributed by atoms with E-state index < -0.39 is 0 Å². The minimum absolute atomic E-state index is 0.0614. The Balaban J connectivity index is 1.43. The van der Waals surface area contributed by atoms with Crippen LogP contribution in [-0.2, 0) is 16.6 Å². The van der Waals surface area contributed by atoms with Gasteiger partial charge in [0.25, 0.3) is 5.95 Å². The summed E-state index contributed by atoms with van der Waals surface area (Å²) < 4.78 is 2.77. The molecule has 1 aromatic carbocycles. The van der Waals surface area contributed by atoms with Crippen LogP contribution in [0.5, 0.6) is 0 Å². The topological polar surface area (TPSA) is 85.6 Å². The summed E-state index contributed by atoms with van der Waals surface area (Å²) >= 11 is 1.69. The second kappa shape index (κ2) is 8.31. The number of fused-ring (bicyclic) bond motifs is 1. The van der Waals surface area contributed by atoms with Crippen LogP contribution < -0.4 is 5.32 Å². The first-order valence-corrected chi connectivity index (χ1v) is 10.7. The lowest BCUT2D eigenvalue weighted by atomic mass is 9.92. The molecule has 0 aliphatic carbocycles. The van der Waals surface area contributed by atoms with Crippen LogP contribution in [0.1, 0.15) is 44.3 Å². The summed E-state index contributed by atoms with van der Waals surface area (Å²) in [5.41, 5.74) is 1.72. The van der Waals surface area contributed by atoms with Gasteiger partial charge in [0.2, 0.25) is 5.91 Å². The number of rotatable bonds is 6. The zero-order chi connectivity index (χ0) is 21.1. The van der Waals surface area contributed by atoms with Crippen molar-refractivity contribution in [1.82, 2.24) is 24.7 Å². The summed E-state index contributed by atoms with van der Waals surface area (Å²) in [5.74, 6) is 0.947. The minimum atomic E-state index is -0.160. The number of aryl methyl sites for hydroxylation is 1. The van der Waals surface area contributed by atoms with Crippen molar-refractivity contribution in [3.05, 3.63) is 59.5 Å². The van der Waals surface area contributed by atoms with Gasteiger partial charge in [0.1, 0.15) is 5.82 Å². The summed E-state index contributed by atoms with van der Waals surface area (Å²) in [6, 6.07) is 11.7. The monoisotopic (exact) mass is 420 g/mol. The number of nitrogens with zero attached hydrogens (tertiary/aromatic N) is 5. The van der Waals surface area contributed by atoms with E-state index >= 15 is 0 Å². The first-order chi connectivity index (χ1) is 14.4. The average molecular weight is 421 g/mol. The molecule has 0 bridgehead atoms. The fraction of sp³-hybridized carbons (Fsp3) is 0.318. The number of aromatic nitrogens is 5. The Morgan fingerprint density at radius 2 is 1.90 bits per heavy atom. The second-order valence-corrected chi connectivity index (χ2v) is 9.22. The van der Waals surface area contributed by atoms with Crippen LogP contribution in [0.25, 0.3) is 16.2 Å². The number of nitrogens with one attached hydrogen (secondary N) is 1. The maximum Gasteiger partial charge on any atom is 0.252 e. The molecule has 30 heavy (non-hydrogen) atoms. The zero-order valence-corrected chi connectivity index (χ0v) is 18.1.